The van der Waals surface area contributed by atoms with Gasteiger partial charge in [0.1, 0.15) is 0 Å². The molecule has 0 bridgehead atoms. The van der Waals surface area contributed by atoms with E-state index in [4.69, 9.17) is 0 Å². The van der Waals surface area contributed by atoms with Crippen LogP contribution in [0.1, 0.15) is 12.0 Å². The number of nitrogens with zero attached hydrogens (tertiary/aromatic N) is 2. The van der Waals surface area contributed by atoms with Crippen molar-refractivity contribution in [3.8, 4) is 11.3 Å². The molecule has 3 aromatic rings. The second-order valence-electron chi connectivity index (χ2n) is 6.71. The summed E-state index contributed by atoms with van der Waals surface area (Å²) in [6, 6.07) is 20.4. The van der Waals surface area contributed by atoms with Gasteiger partial charge in [-0.3, -0.25) is 10.2 Å². The molecular formula is C21H22N4OS. The monoisotopic (exact) mass is 378 g/mol. The Morgan fingerprint density at radius 3 is 2.63 bits per heavy atom. The first kappa shape index (κ1) is 17.7. The molecule has 1 aromatic heterocycles. The number of benzene rings is 2. The van der Waals surface area contributed by atoms with E-state index in [9.17, 15) is 4.79 Å². The van der Waals surface area contributed by atoms with Crippen LogP contribution in [0.4, 0.5) is 9.93 Å². The highest BCUT2D eigenvalue weighted by molar-refractivity contribution is 7.14. The van der Waals surface area contributed by atoms with Gasteiger partial charge in [-0.2, -0.15) is 0 Å². The summed E-state index contributed by atoms with van der Waals surface area (Å²) in [5, 5.41) is 8.51. The molecule has 2 N–H and O–H groups in total. The van der Waals surface area contributed by atoms with E-state index in [1.54, 1.807) is 0 Å². The van der Waals surface area contributed by atoms with Gasteiger partial charge in [0.15, 0.2) is 5.13 Å². The smallest absolute Gasteiger partial charge is 0.321 e. The summed E-state index contributed by atoms with van der Waals surface area (Å²) in [7, 11) is 0. The molecule has 1 saturated heterocycles. The first-order valence-electron chi connectivity index (χ1n) is 9.11. The number of carbonyl (C=O) groups is 1. The number of aromatic nitrogens is 1. The summed E-state index contributed by atoms with van der Waals surface area (Å²) in [5.41, 5.74) is 3.24. The third-order valence-electron chi connectivity index (χ3n) is 4.65. The van der Waals surface area contributed by atoms with Gasteiger partial charge < -0.3 is 5.32 Å². The fourth-order valence-corrected chi connectivity index (χ4v) is 4.04. The molecule has 4 rings (SSSR count). The summed E-state index contributed by atoms with van der Waals surface area (Å²) in [5.74, 6) is 0. The van der Waals surface area contributed by atoms with E-state index in [0.717, 1.165) is 37.3 Å². The molecule has 2 heterocycles. The molecule has 0 aliphatic carbocycles. The molecule has 6 heteroatoms. The van der Waals surface area contributed by atoms with Gasteiger partial charge in [0, 0.05) is 36.6 Å². The lowest BCUT2D eigenvalue weighted by molar-refractivity contribution is 0.247. The molecule has 2 amide bonds. The highest BCUT2D eigenvalue weighted by atomic mass is 32.1. The first-order valence-corrected chi connectivity index (χ1v) is 9.99. The van der Waals surface area contributed by atoms with E-state index >= 15 is 0 Å². The van der Waals surface area contributed by atoms with Crippen LogP contribution >= 0.6 is 11.3 Å². The molecule has 1 atom stereocenters. The van der Waals surface area contributed by atoms with Crippen molar-refractivity contribution in [2.75, 3.05) is 18.4 Å². The van der Waals surface area contributed by atoms with E-state index in [0.29, 0.717) is 5.13 Å². The quantitative estimate of drug-likeness (QED) is 0.699. The zero-order valence-electron chi connectivity index (χ0n) is 15.0. The largest absolute Gasteiger partial charge is 0.334 e. The van der Waals surface area contributed by atoms with Crippen LogP contribution in [0.2, 0.25) is 0 Å². The van der Waals surface area contributed by atoms with Gasteiger partial charge in [-0.25, -0.2) is 9.78 Å². The van der Waals surface area contributed by atoms with Crippen molar-refractivity contribution in [3.63, 3.8) is 0 Å². The topological polar surface area (TPSA) is 57.3 Å². The van der Waals surface area contributed by atoms with Gasteiger partial charge in [0.25, 0.3) is 0 Å². The fourth-order valence-electron chi connectivity index (χ4n) is 3.33. The van der Waals surface area contributed by atoms with Crippen molar-refractivity contribution in [3.05, 3.63) is 71.6 Å². The number of hydrogen-bond acceptors (Lipinski definition) is 4. The van der Waals surface area contributed by atoms with Crippen molar-refractivity contribution < 1.29 is 4.79 Å². The predicted molar refractivity (Wildman–Crippen MR) is 110 cm³/mol. The Kier molecular flexibility index (Phi) is 5.46. The average molecular weight is 379 g/mol. The van der Waals surface area contributed by atoms with Crippen LogP contribution < -0.4 is 10.6 Å². The van der Waals surface area contributed by atoms with Crippen LogP contribution in [0.25, 0.3) is 11.3 Å². The Bertz CT molecular complexity index is 881. The highest BCUT2D eigenvalue weighted by Gasteiger charge is 2.24. The number of nitrogens with one attached hydrogen (secondary N) is 2. The number of rotatable bonds is 5. The third kappa shape index (κ3) is 4.72. The number of likely N-dealkylation sites (tertiary alicyclic amines) is 1. The van der Waals surface area contributed by atoms with Crippen LogP contribution in [-0.2, 0) is 6.54 Å². The molecular weight excluding hydrogens is 356 g/mol. The molecule has 138 valence electrons. The highest BCUT2D eigenvalue weighted by Crippen LogP contribution is 2.24. The van der Waals surface area contributed by atoms with Gasteiger partial charge in [-0.15, -0.1) is 11.3 Å². The molecule has 1 fully saturated rings. The number of carbonyl (C=O) groups excluding carboxylic acids is 1. The molecule has 1 aliphatic heterocycles. The first-order chi connectivity index (χ1) is 13.3. The Labute approximate surface area is 163 Å². The van der Waals surface area contributed by atoms with E-state index in [1.165, 1.54) is 16.9 Å². The van der Waals surface area contributed by atoms with Crippen molar-refractivity contribution in [2.45, 2.75) is 19.0 Å². The van der Waals surface area contributed by atoms with Crippen molar-refractivity contribution >= 4 is 22.5 Å². The maximum Gasteiger partial charge on any atom is 0.321 e. The Hall–Kier alpha value is -2.70. The summed E-state index contributed by atoms with van der Waals surface area (Å²) in [4.78, 5) is 19.2. The van der Waals surface area contributed by atoms with Gasteiger partial charge in [-0.05, 0) is 12.0 Å². The average Bonchev–Trinajstić information content (AvgIpc) is 3.33. The SMILES string of the molecule is O=C(Nc1nc(-c2ccccc2)cs1)NC1CCN(Cc2ccccc2)C1. The molecule has 5 nitrogen and oxygen atoms in total. The fraction of sp³-hybridized carbons (Fsp3) is 0.238. The second kappa shape index (κ2) is 8.33. The Balaban J connectivity index is 1.27. The van der Waals surface area contributed by atoms with Crippen molar-refractivity contribution in [2.24, 2.45) is 0 Å². The number of hydrogen-bond donors (Lipinski definition) is 2. The summed E-state index contributed by atoms with van der Waals surface area (Å²) in [6.45, 7) is 2.79. The second-order valence-corrected chi connectivity index (χ2v) is 7.57. The van der Waals surface area contributed by atoms with E-state index < -0.39 is 0 Å². The number of urea groups is 1. The third-order valence-corrected chi connectivity index (χ3v) is 5.41. The molecule has 0 saturated carbocycles. The molecule has 0 radical (unpaired) electrons. The number of thiazole rings is 1. The maximum absolute atomic E-state index is 12.3. The zero-order chi connectivity index (χ0) is 18.5. The van der Waals surface area contributed by atoms with E-state index in [-0.39, 0.29) is 12.1 Å². The lowest BCUT2D eigenvalue weighted by atomic mass is 10.2. The molecule has 0 spiro atoms. The lowest BCUT2D eigenvalue weighted by Gasteiger charge is -2.16. The minimum absolute atomic E-state index is 0.169. The van der Waals surface area contributed by atoms with Crippen LogP contribution in [0.15, 0.2) is 66.0 Å². The van der Waals surface area contributed by atoms with E-state index in [1.807, 2.05) is 41.8 Å². The van der Waals surface area contributed by atoms with Crippen LogP contribution in [0.3, 0.4) is 0 Å². The van der Waals surface area contributed by atoms with Gasteiger partial charge in [0.2, 0.25) is 0 Å². The van der Waals surface area contributed by atoms with Gasteiger partial charge in [0.05, 0.1) is 5.69 Å². The molecule has 1 aliphatic rings. The van der Waals surface area contributed by atoms with Crippen LogP contribution in [0.5, 0.6) is 0 Å². The van der Waals surface area contributed by atoms with Gasteiger partial charge >= 0.3 is 6.03 Å². The van der Waals surface area contributed by atoms with E-state index in [2.05, 4.69) is 44.8 Å². The summed E-state index contributed by atoms with van der Waals surface area (Å²) in [6.07, 6.45) is 0.966. The zero-order valence-corrected chi connectivity index (χ0v) is 15.8. The maximum atomic E-state index is 12.3. The van der Waals surface area contributed by atoms with Crippen molar-refractivity contribution in [1.82, 2.24) is 15.2 Å². The molecule has 27 heavy (non-hydrogen) atoms. The van der Waals surface area contributed by atoms with Crippen LogP contribution in [-0.4, -0.2) is 35.0 Å². The van der Waals surface area contributed by atoms with Crippen LogP contribution in [0, 0.1) is 0 Å². The molecule has 1 unspecified atom stereocenters. The summed E-state index contributed by atoms with van der Waals surface area (Å²) >= 11 is 1.44. The Morgan fingerprint density at radius 2 is 1.85 bits per heavy atom. The lowest BCUT2D eigenvalue weighted by Crippen LogP contribution is -2.39. The molecule has 2 aromatic carbocycles. The van der Waals surface area contributed by atoms with Gasteiger partial charge in [-0.1, -0.05) is 60.7 Å². The number of anilines is 1. The Morgan fingerprint density at radius 1 is 1.11 bits per heavy atom. The summed E-state index contributed by atoms with van der Waals surface area (Å²) < 4.78 is 0. The minimum atomic E-state index is -0.185. The minimum Gasteiger partial charge on any atom is -0.334 e. The standard InChI is InChI=1S/C21H22N4OS/c26-20(24-21-23-19(15-27-21)17-9-5-2-6-10-17)22-18-11-12-25(14-18)13-16-7-3-1-4-8-16/h1-10,15,18H,11-14H2,(H2,22,23,24,26). The predicted octanol–water partition coefficient (Wildman–Crippen LogP) is 4.21. The van der Waals surface area contributed by atoms with Crippen molar-refractivity contribution in [1.29, 1.82) is 0 Å². The normalized spacial score (nSPS) is 17.0. The number of amides is 2.